The number of benzene rings is 1. The fourth-order valence-corrected chi connectivity index (χ4v) is 1.70. The average molecular weight is 191 g/mol. The van der Waals surface area contributed by atoms with Crippen LogP contribution in [0.2, 0.25) is 0 Å². The Morgan fingerprint density at radius 3 is 2.79 bits per heavy atom. The monoisotopic (exact) mass is 191 g/mol. The van der Waals surface area contributed by atoms with Gasteiger partial charge in [0, 0.05) is 0 Å². The van der Waals surface area contributed by atoms with Crippen molar-refractivity contribution in [3.8, 4) is 0 Å². The molecule has 0 heterocycles. The van der Waals surface area contributed by atoms with Gasteiger partial charge in [-0.25, -0.2) is 0 Å². The molecular weight excluding hydrogens is 170 g/mol. The van der Waals surface area contributed by atoms with E-state index >= 15 is 0 Å². The van der Waals surface area contributed by atoms with E-state index in [0.717, 1.165) is 19.0 Å². The summed E-state index contributed by atoms with van der Waals surface area (Å²) < 4.78 is 0. The van der Waals surface area contributed by atoms with Crippen molar-refractivity contribution in [2.75, 3.05) is 13.1 Å². The minimum atomic E-state index is 0.719. The van der Waals surface area contributed by atoms with Crippen LogP contribution in [0.1, 0.15) is 25.0 Å². The molecule has 1 N–H and O–H groups in total. The molecule has 0 radical (unpaired) electrons. The number of rotatable bonds is 5. The zero-order valence-corrected chi connectivity index (χ0v) is 9.51. The summed E-state index contributed by atoms with van der Waals surface area (Å²) in [6.45, 7) is 8.78. The lowest BCUT2D eigenvalue weighted by atomic mass is 10.00. The molecule has 0 aliphatic carbocycles. The van der Waals surface area contributed by atoms with E-state index in [9.17, 15) is 0 Å². The molecule has 78 valence electrons. The second kappa shape index (κ2) is 5.82. The topological polar surface area (TPSA) is 12.0 Å². The summed E-state index contributed by atoms with van der Waals surface area (Å²) in [5.41, 5.74) is 2.81. The second-order valence-corrected chi connectivity index (χ2v) is 4.11. The summed E-state index contributed by atoms with van der Waals surface area (Å²) in [6, 6.07) is 8.79. The van der Waals surface area contributed by atoms with Crippen LogP contribution in [0.3, 0.4) is 0 Å². The molecule has 1 aromatic rings. The van der Waals surface area contributed by atoms with E-state index in [1.165, 1.54) is 17.5 Å². The summed E-state index contributed by atoms with van der Waals surface area (Å²) in [5.74, 6) is 0.719. The molecule has 0 fully saturated rings. The predicted molar refractivity (Wildman–Crippen MR) is 62.6 cm³/mol. The molecular formula is C13H21N. The summed E-state index contributed by atoms with van der Waals surface area (Å²) >= 11 is 0. The van der Waals surface area contributed by atoms with Crippen molar-refractivity contribution in [2.24, 2.45) is 5.92 Å². The Labute approximate surface area is 87.5 Å². The molecule has 1 unspecified atom stereocenters. The Balaban J connectivity index is 2.43. The first-order chi connectivity index (χ1) is 6.72. The standard InChI is InChI=1S/C13H21N/c1-4-14-10-12(3)9-13-7-5-6-11(2)8-13/h5-8,12,14H,4,9-10H2,1-3H3. The summed E-state index contributed by atoms with van der Waals surface area (Å²) in [7, 11) is 0. The number of nitrogens with one attached hydrogen (secondary N) is 1. The van der Waals surface area contributed by atoms with Gasteiger partial charge >= 0.3 is 0 Å². The summed E-state index contributed by atoms with van der Waals surface area (Å²) in [4.78, 5) is 0. The Hall–Kier alpha value is -0.820. The van der Waals surface area contributed by atoms with Crippen molar-refractivity contribution in [1.82, 2.24) is 5.32 Å². The fourth-order valence-electron chi connectivity index (χ4n) is 1.70. The predicted octanol–water partition coefficient (Wildman–Crippen LogP) is 2.78. The normalized spacial score (nSPS) is 12.8. The molecule has 1 heteroatoms. The minimum Gasteiger partial charge on any atom is -0.317 e. The lowest BCUT2D eigenvalue weighted by Crippen LogP contribution is -2.21. The van der Waals surface area contributed by atoms with Gasteiger partial charge in [0.1, 0.15) is 0 Å². The maximum absolute atomic E-state index is 3.38. The van der Waals surface area contributed by atoms with Gasteiger partial charge < -0.3 is 5.32 Å². The van der Waals surface area contributed by atoms with Crippen LogP contribution in [0.5, 0.6) is 0 Å². The highest BCUT2D eigenvalue weighted by molar-refractivity contribution is 5.22. The lowest BCUT2D eigenvalue weighted by molar-refractivity contribution is 0.521. The van der Waals surface area contributed by atoms with Crippen molar-refractivity contribution in [3.05, 3.63) is 35.4 Å². The molecule has 1 rings (SSSR count). The van der Waals surface area contributed by atoms with Gasteiger partial charge in [-0.05, 0) is 37.9 Å². The maximum atomic E-state index is 3.38. The Morgan fingerprint density at radius 1 is 1.36 bits per heavy atom. The molecule has 0 bridgehead atoms. The van der Waals surface area contributed by atoms with Crippen LogP contribution in [-0.2, 0) is 6.42 Å². The smallest absolute Gasteiger partial charge is 0.00201 e. The third-order valence-electron chi connectivity index (χ3n) is 2.41. The lowest BCUT2D eigenvalue weighted by Gasteiger charge is -2.11. The molecule has 0 aliphatic rings. The molecule has 1 nitrogen and oxygen atoms in total. The largest absolute Gasteiger partial charge is 0.317 e. The van der Waals surface area contributed by atoms with Crippen molar-refractivity contribution < 1.29 is 0 Å². The van der Waals surface area contributed by atoms with Crippen LogP contribution in [0, 0.1) is 12.8 Å². The van der Waals surface area contributed by atoms with Crippen molar-refractivity contribution in [3.63, 3.8) is 0 Å². The minimum absolute atomic E-state index is 0.719. The van der Waals surface area contributed by atoms with E-state index in [1.54, 1.807) is 0 Å². The van der Waals surface area contributed by atoms with Crippen molar-refractivity contribution in [2.45, 2.75) is 27.2 Å². The Kier molecular flexibility index (Phi) is 4.68. The fraction of sp³-hybridized carbons (Fsp3) is 0.538. The summed E-state index contributed by atoms with van der Waals surface area (Å²) in [6.07, 6.45) is 1.18. The quantitative estimate of drug-likeness (QED) is 0.754. The number of hydrogen-bond acceptors (Lipinski definition) is 1. The van der Waals surface area contributed by atoms with Crippen LogP contribution in [0.25, 0.3) is 0 Å². The molecule has 0 spiro atoms. The van der Waals surface area contributed by atoms with Gasteiger partial charge in [-0.15, -0.1) is 0 Å². The highest BCUT2D eigenvalue weighted by atomic mass is 14.8. The maximum Gasteiger partial charge on any atom is -0.00201 e. The van der Waals surface area contributed by atoms with Gasteiger partial charge in [-0.3, -0.25) is 0 Å². The number of hydrogen-bond donors (Lipinski definition) is 1. The average Bonchev–Trinajstić information content (AvgIpc) is 2.15. The van der Waals surface area contributed by atoms with Crippen LogP contribution in [0.4, 0.5) is 0 Å². The first kappa shape index (κ1) is 11.3. The van der Waals surface area contributed by atoms with Gasteiger partial charge in [0.15, 0.2) is 0 Å². The van der Waals surface area contributed by atoms with Crippen LogP contribution in [0.15, 0.2) is 24.3 Å². The van der Waals surface area contributed by atoms with E-state index in [2.05, 4.69) is 50.4 Å². The van der Waals surface area contributed by atoms with E-state index in [1.807, 2.05) is 0 Å². The van der Waals surface area contributed by atoms with E-state index < -0.39 is 0 Å². The Morgan fingerprint density at radius 2 is 2.14 bits per heavy atom. The molecule has 0 aliphatic heterocycles. The molecule has 0 saturated carbocycles. The second-order valence-electron chi connectivity index (χ2n) is 4.11. The van der Waals surface area contributed by atoms with E-state index in [-0.39, 0.29) is 0 Å². The molecule has 0 aromatic heterocycles. The summed E-state index contributed by atoms with van der Waals surface area (Å²) in [5, 5.41) is 3.38. The molecule has 1 aromatic carbocycles. The third kappa shape index (κ3) is 3.93. The SMILES string of the molecule is CCNCC(C)Cc1cccc(C)c1. The van der Waals surface area contributed by atoms with Crippen LogP contribution >= 0.6 is 0 Å². The Bertz CT molecular complexity index is 268. The van der Waals surface area contributed by atoms with Crippen molar-refractivity contribution >= 4 is 0 Å². The highest BCUT2D eigenvalue weighted by Crippen LogP contribution is 2.09. The highest BCUT2D eigenvalue weighted by Gasteiger charge is 2.02. The zero-order valence-electron chi connectivity index (χ0n) is 9.51. The van der Waals surface area contributed by atoms with Gasteiger partial charge in [0.05, 0.1) is 0 Å². The number of aryl methyl sites for hydroxylation is 1. The molecule has 0 saturated heterocycles. The van der Waals surface area contributed by atoms with Gasteiger partial charge in [0.25, 0.3) is 0 Å². The third-order valence-corrected chi connectivity index (χ3v) is 2.41. The van der Waals surface area contributed by atoms with Gasteiger partial charge in [-0.1, -0.05) is 43.7 Å². The van der Waals surface area contributed by atoms with Crippen LogP contribution < -0.4 is 5.32 Å². The van der Waals surface area contributed by atoms with E-state index in [4.69, 9.17) is 0 Å². The first-order valence-corrected chi connectivity index (χ1v) is 5.48. The van der Waals surface area contributed by atoms with Crippen LogP contribution in [-0.4, -0.2) is 13.1 Å². The van der Waals surface area contributed by atoms with Crippen molar-refractivity contribution in [1.29, 1.82) is 0 Å². The molecule has 14 heavy (non-hydrogen) atoms. The first-order valence-electron chi connectivity index (χ1n) is 5.48. The zero-order chi connectivity index (χ0) is 10.4. The molecule has 0 amide bonds. The van der Waals surface area contributed by atoms with Gasteiger partial charge in [0.2, 0.25) is 0 Å². The van der Waals surface area contributed by atoms with Gasteiger partial charge in [-0.2, -0.15) is 0 Å². The van der Waals surface area contributed by atoms with E-state index in [0.29, 0.717) is 0 Å². The molecule has 1 atom stereocenters.